The Morgan fingerprint density at radius 2 is 1.87 bits per heavy atom. The average molecular weight is 437 g/mol. The SMILES string of the molecule is CN(C)CCCN1C(=O)C(=O)C(=C(O)c2ccc3ccccc3c2O)C1c1cccs1. The zero-order chi connectivity index (χ0) is 22.1. The van der Waals surface area contributed by atoms with Crippen molar-refractivity contribution >= 4 is 39.6 Å². The van der Waals surface area contributed by atoms with Crippen LogP contribution in [0.2, 0.25) is 0 Å². The second-order valence-electron chi connectivity index (χ2n) is 7.85. The van der Waals surface area contributed by atoms with Crippen molar-refractivity contribution in [1.29, 1.82) is 0 Å². The molecule has 31 heavy (non-hydrogen) atoms. The number of phenolic OH excluding ortho intramolecular Hbond substituents is 1. The first-order valence-electron chi connectivity index (χ1n) is 10.1. The number of aliphatic hydroxyl groups excluding tert-OH is 1. The summed E-state index contributed by atoms with van der Waals surface area (Å²) >= 11 is 1.43. The fourth-order valence-corrected chi connectivity index (χ4v) is 4.85. The molecule has 0 saturated carbocycles. The van der Waals surface area contributed by atoms with Crippen LogP contribution >= 0.6 is 11.3 Å². The minimum atomic E-state index is -0.728. The van der Waals surface area contributed by atoms with E-state index in [0.29, 0.717) is 18.4 Å². The molecule has 160 valence electrons. The highest BCUT2D eigenvalue weighted by Crippen LogP contribution is 2.43. The van der Waals surface area contributed by atoms with Crippen LogP contribution in [0.15, 0.2) is 59.5 Å². The summed E-state index contributed by atoms with van der Waals surface area (Å²) in [5.74, 6) is -1.82. The molecule has 3 aromatic rings. The number of hydrogen-bond donors (Lipinski definition) is 2. The Balaban J connectivity index is 1.83. The zero-order valence-electron chi connectivity index (χ0n) is 17.4. The van der Waals surface area contributed by atoms with E-state index in [0.717, 1.165) is 16.8 Å². The summed E-state index contributed by atoms with van der Waals surface area (Å²) in [6.07, 6.45) is 0.698. The van der Waals surface area contributed by atoms with Crippen LogP contribution in [-0.4, -0.2) is 58.9 Å². The van der Waals surface area contributed by atoms with E-state index in [1.807, 2.05) is 48.6 Å². The number of likely N-dealkylation sites (tertiary alicyclic amines) is 1. The summed E-state index contributed by atoms with van der Waals surface area (Å²) in [7, 11) is 3.90. The standard InChI is InChI=1S/C24H24N2O4S/c1-25(2)12-6-13-26-20(18-9-5-14-31-18)19(23(29)24(26)30)22(28)17-11-10-15-7-3-4-8-16(15)21(17)27/h3-5,7-11,14,20,27-28H,6,12-13H2,1-2H3. The lowest BCUT2D eigenvalue weighted by atomic mass is 9.97. The number of Topliss-reactive ketones (excluding diaryl/α,β-unsaturated/α-hetero) is 1. The van der Waals surface area contributed by atoms with E-state index in [4.69, 9.17) is 0 Å². The Bertz CT molecular complexity index is 1170. The lowest BCUT2D eigenvalue weighted by Crippen LogP contribution is -2.32. The molecule has 1 fully saturated rings. The summed E-state index contributed by atoms with van der Waals surface area (Å²) in [4.78, 5) is 30.2. The molecule has 0 radical (unpaired) electrons. The number of ketones is 1. The predicted molar refractivity (Wildman–Crippen MR) is 122 cm³/mol. The Kier molecular flexibility index (Phi) is 5.80. The molecule has 1 aliphatic heterocycles. The van der Waals surface area contributed by atoms with Crippen LogP contribution in [0.1, 0.15) is 22.9 Å². The topological polar surface area (TPSA) is 81.1 Å². The second kappa shape index (κ2) is 8.53. The molecule has 0 aliphatic carbocycles. The van der Waals surface area contributed by atoms with Gasteiger partial charge in [0, 0.05) is 16.8 Å². The summed E-state index contributed by atoms with van der Waals surface area (Å²) in [5, 5.41) is 25.2. The van der Waals surface area contributed by atoms with Crippen LogP contribution in [0.5, 0.6) is 5.75 Å². The molecule has 1 amide bonds. The summed E-state index contributed by atoms with van der Waals surface area (Å²) < 4.78 is 0. The summed E-state index contributed by atoms with van der Waals surface area (Å²) in [5.41, 5.74) is 0.162. The lowest BCUT2D eigenvalue weighted by Gasteiger charge is -2.24. The van der Waals surface area contributed by atoms with E-state index in [1.165, 1.54) is 16.2 Å². The fraction of sp³-hybridized carbons (Fsp3) is 0.250. The van der Waals surface area contributed by atoms with Gasteiger partial charge in [-0.05, 0) is 50.0 Å². The number of phenols is 1. The molecule has 2 heterocycles. The van der Waals surface area contributed by atoms with Gasteiger partial charge < -0.3 is 20.0 Å². The molecule has 1 aliphatic rings. The van der Waals surface area contributed by atoms with E-state index in [-0.39, 0.29) is 22.6 Å². The van der Waals surface area contributed by atoms with Crippen molar-refractivity contribution in [1.82, 2.24) is 9.80 Å². The number of fused-ring (bicyclic) bond motifs is 1. The number of aliphatic hydroxyl groups is 1. The van der Waals surface area contributed by atoms with E-state index in [9.17, 15) is 19.8 Å². The highest BCUT2D eigenvalue weighted by molar-refractivity contribution is 7.10. The molecule has 6 nitrogen and oxygen atoms in total. The van der Waals surface area contributed by atoms with Crippen molar-refractivity contribution in [3.05, 3.63) is 69.9 Å². The van der Waals surface area contributed by atoms with Crippen molar-refractivity contribution in [3.63, 3.8) is 0 Å². The number of amides is 1. The van der Waals surface area contributed by atoms with Crippen LogP contribution in [0.3, 0.4) is 0 Å². The van der Waals surface area contributed by atoms with Crippen LogP contribution in [0.4, 0.5) is 0 Å². The van der Waals surface area contributed by atoms with Gasteiger partial charge in [-0.3, -0.25) is 9.59 Å². The van der Waals surface area contributed by atoms with Crippen LogP contribution in [0, 0.1) is 0 Å². The van der Waals surface area contributed by atoms with E-state index in [2.05, 4.69) is 0 Å². The largest absolute Gasteiger partial charge is 0.507 e. The minimum Gasteiger partial charge on any atom is -0.507 e. The molecule has 1 unspecified atom stereocenters. The zero-order valence-corrected chi connectivity index (χ0v) is 18.2. The van der Waals surface area contributed by atoms with Crippen LogP contribution in [0.25, 0.3) is 16.5 Å². The molecular weight excluding hydrogens is 412 g/mol. The molecule has 7 heteroatoms. The summed E-state index contributed by atoms with van der Waals surface area (Å²) in [6, 6.07) is 13.6. The number of carbonyl (C=O) groups is 2. The van der Waals surface area contributed by atoms with Gasteiger partial charge in [-0.25, -0.2) is 0 Å². The molecule has 0 spiro atoms. The first kappa shape index (κ1) is 21.1. The molecule has 0 bridgehead atoms. The number of benzene rings is 2. The van der Waals surface area contributed by atoms with E-state index < -0.39 is 17.7 Å². The lowest BCUT2D eigenvalue weighted by molar-refractivity contribution is -0.139. The minimum absolute atomic E-state index is 0.0166. The number of nitrogens with zero attached hydrogens (tertiary/aromatic N) is 2. The van der Waals surface area contributed by atoms with Gasteiger partial charge in [0.05, 0.1) is 17.2 Å². The Morgan fingerprint density at radius 1 is 1.10 bits per heavy atom. The molecule has 4 rings (SSSR count). The molecule has 1 aromatic heterocycles. The average Bonchev–Trinajstić information content (AvgIpc) is 3.36. The van der Waals surface area contributed by atoms with Crippen molar-refractivity contribution in [3.8, 4) is 5.75 Å². The van der Waals surface area contributed by atoms with Crippen molar-refractivity contribution < 1.29 is 19.8 Å². The quantitative estimate of drug-likeness (QED) is 0.347. The van der Waals surface area contributed by atoms with Crippen molar-refractivity contribution in [2.24, 2.45) is 0 Å². The van der Waals surface area contributed by atoms with Crippen LogP contribution in [-0.2, 0) is 9.59 Å². The van der Waals surface area contributed by atoms with Gasteiger partial charge in [0.25, 0.3) is 11.7 Å². The Morgan fingerprint density at radius 3 is 2.58 bits per heavy atom. The Hall–Kier alpha value is -3.16. The highest BCUT2D eigenvalue weighted by atomic mass is 32.1. The monoisotopic (exact) mass is 436 g/mol. The number of rotatable bonds is 6. The molecule has 1 saturated heterocycles. The molecular formula is C24H24N2O4S. The molecule has 1 atom stereocenters. The molecule has 2 N–H and O–H groups in total. The first-order valence-corrected chi connectivity index (χ1v) is 11.0. The Labute approximate surface area is 184 Å². The van der Waals surface area contributed by atoms with Gasteiger partial charge in [0.2, 0.25) is 0 Å². The normalized spacial score (nSPS) is 18.4. The summed E-state index contributed by atoms with van der Waals surface area (Å²) in [6.45, 7) is 1.16. The van der Waals surface area contributed by atoms with Crippen LogP contribution < -0.4 is 0 Å². The van der Waals surface area contributed by atoms with Gasteiger partial charge in [0.15, 0.2) is 0 Å². The maximum absolute atomic E-state index is 13.0. The third-order valence-corrected chi connectivity index (χ3v) is 6.44. The van der Waals surface area contributed by atoms with Gasteiger partial charge >= 0.3 is 0 Å². The maximum Gasteiger partial charge on any atom is 0.295 e. The van der Waals surface area contributed by atoms with Gasteiger partial charge in [-0.2, -0.15) is 0 Å². The van der Waals surface area contributed by atoms with Gasteiger partial charge in [-0.15, -0.1) is 11.3 Å². The first-order chi connectivity index (χ1) is 14.9. The maximum atomic E-state index is 13.0. The predicted octanol–water partition coefficient (Wildman–Crippen LogP) is 3.98. The number of hydrogen-bond acceptors (Lipinski definition) is 6. The molecule has 2 aromatic carbocycles. The van der Waals surface area contributed by atoms with Crippen molar-refractivity contribution in [2.75, 3.05) is 27.2 Å². The third kappa shape index (κ3) is 3.82. The number of aromatic hydroxyl groups is 1. The van der Waals surface area contributed by atoms with Gasteiger partial charge in [-0.1, -0.05) is 36.4 Å². The number of carbonyl (C=O) groups excluding carboxylic acids is 2. The van der Waals surface area contributed by atoms with E-state index in [1.54, 1.807) is 24.3 Å². The van der Waals surface area contributed by atoms with Gasteiger partial charge in [0.1, 0.15) is 11.5 Å². The smallest absolute Gasteiger partial charge is 0.295 e. The fourth-order valence-electron chi connectivity index (χ4n) is 4.00. The van der Waals surface area contributed by atoms with E-state index >= 15 is 0 Å². The second-order valence-corrected chi connectivity index (χ2v) is 8.83. The van der Waals surface area contributed by atoms with Crippen molar-refractivity contribution in [2.45, 2.75) is 12.5 Å². The third-order valence-electron chi connectivity index (χ3n) is 5.51. The number of thiophene rings is 1. The highest BCUT2D eigenvalue weighted by Gasteiger charge is 2.46.